The lowest BCUT2D eigenvalue weighted by molar-refractivity contribution is -0.142. The minimum absolute atomic E-state index is 0.0450. The Morgan fingerprint density at radius 3 is 3.00 bits per heavy atom. The predicted octanol–water partition coefficient (Wildman–Crippen LogP) is 2.11. The maximum Gasteiger partial charge on any atom is 0.330 e. The molecule has 2 rings (SSSR count). The molecule has 0 radical (unpaired) electrons. The van der Waals surface area contributed by atoms with E-state index < -0.39 is 11.7 Å². The molecule has 1 fully saturated rings. The van der Waals surface area contributed by atoms with Crippen molar-refractivity contribution in [3.8, 4) is 0 Å². The number of esters is 1. The molecule has 1 heterocycles. The Bertz CT molecular complexity index is 401. The molecule has 4 nitrogen and oxygen atoms in total. The van der Waals surface area contributed by atoms with Gasteiger partial charge in [-0.15, -0.1) is 0 Å². The molecule has 0 amide bonds. The van der Waals surface area contributed by atoms with Gasteiger partial charge in [-0.25, -0.2) is 4.79 Å². The van der Waals surface area contributed by atoms with Gasteiger partial charge in [-0.1, -0.05) is 18.2 Å². The maximum atomic E-state index is 11.6. The van der Waals surface area contributed by atoms with Crippen LogP contribution >= 0.6 is 0 Å². The summed E-state index contributed by atoms with van der Waals surface area (Å²) in [5.74, 6) is -0.403. The molecular formula is C16H24O4. The summed E-state index contributed by atoms with van der Waals surface area (Å²) in [6.45, 7) is 1.90. The van der Waals surface area contributed by atoms with Crippen molar-refractivity contribution in [3.63, 3.8) is 0 Å². The Morgan fingerprint density at radius 2 is 2.20 bits per heavy atom. The summed E-state index contributed by atoms with van der Waals surface area (Å²) in [6, 6.07) is 0. The number of fused-ring (bicyclic) bond motifs is 1. The summed E-state index contributed by atoms with van der Waals surface area (Å²) in [7, 11) is 0. The number of allylic oxidation sites excluding steroid dienone is 1. The van der Waals surface area contributed by atoms with E-state index in [-0.39, 0.29) is 18.0 Å². The number of carbonyl (C=O) groups is 1. The first-order valence-electron chi connectivity index (χ1n) is 7.44. The molecule has 4 atom stereocenters. The average molecular weight is 280 g/mol. The highest BCUT2D eigenvalue weighted by molar-refractivity contribution is 5.82. The lowest BCUT2D eigenvalue weighted by atomic mass is 9.87. The van der Waals surface area contributed by atoms with E-state index >= 15 is 0 Å². The third kappa shape index (κ3) is 3.93. The zero-order valence-corrected chi connectivity index (χ0v) is 12.0. The summed E-state index contributed by atoms with van der Waals surface area (Å²) < 4.78 is 5.25. The van der Waals surface area contributed by atoms with Gasteiger partial charge in [0, 0.05) is 18.4 Å². The normalized spacial score (nSPS) is 42.5. The van der Waals surface area contributed by atoms with E-state index in [0.29, 0.717) is 19.3 Å². The van der Waals surface area contributed by atoms with Crippen molar-refractivity contribution in [1.29, 1.82) is 0 Å². The van der Waals surface area contributed by atoms with Crippen molar-refractivity contribution in [3.05, 3.63) is 24.3 Å². The molecule has 0 aromatic rings. The second-order valence-electron chi connectivity index (χ2n) is 6.02. The number of cyclic esters (lactones) is 1. The van der Waals surface area contributed by atoms with Gasteiger partial charge in [-0.2, -0.15) is 0 Å². The number of hydrogen-bond donors (Lipinski definition) is 2. The second-order valence-corrected chi connectivity index (χ2v) is 6.02. The van der Waals surface area contributed by atoms with E-state index in [2.05, 4.69) is 6.08 Å². The van der Waals surface area contributed by atoms with Crippen LogP contribution in [-0.4, -0.2) is 34.0 Å². The third-order valence-corrected chi connectivity index (χ3v) is 4.20. The Labute approximate surface area is 120 Å². The molecule has 1 saturated carbocycles. The zero-order valence-electron chi connectivity index (χ0n) is 12.0. The maximum absolute atomic E-state index is 11.6. The van der Waals surface area contributed by atoms with Crippen LogP contribution in [0.5, 0.6) is 0 Å². The van der Waals surface area contributed by atoms with Crippen LogP contribution in [0, 0.1) is 5.92 Å². The fourth-order valence-electron chi connectivity index (χ4n) is 3.09. The summed E-state index contributed by atoms with van der Waals surface area (Å²) in [5, 5.41) is 20.4. The number of carbonyl (C=O) groups excluding carboxylic acids is 1. The van der Waals surface area contributed by atoms with Gasteiger partial charge in [-0.3, -0.25) is 0 Å². The van der Waals surface area contributed by atoms with Gasteiger partial charge in [0.2, 0.25) is 0 Å². The van der Waals surface area contributed by atoms with E-state index in [0.717, 1.165) is 19.3 Å². The SMILES string of the molecule is C[C@H]1CCC/C=C\[C@@H]2C[C@@H](O)C[C@]2(O)C/C=C\C(=O)O1. The first-order valence-corrected chi connectivity index (χ1v) is 7.44. The van der Waals surface area contributed by atoms with Crippen molar-refractivity contribution in [2.24, 2.45) is 5.92 Å². The molecule has 112 valence electrons. The number of aliphatic hydroxyl groups excluding tert-OH is 1. The molecule has 0 spiro atoms. The molecule has 2 aliphatic rings. The van der Waals surface area contributed by atoms with E-state index in [1.165, 1.54) is 6.08 Å². The van der Waals surface area contributed by atoms with Crippen LogP contribution in [0.4, 0.5) is 0 Å². The van der Waals surface area contributed by atoms with Gasteiger partial charge in [0.1, 0.15) is 0 Å². The molecule has 0 aromatic heterocycles. The molecule has 1 aliphatic heterocycles. The van der Waals surface area contributed by atoms with Crippen molar-refractivity contribution < 1.29 is 19.7 Å². The zero-order chi connectivity index (χ0) is 14.6. The van der Waals surface area contributed by atoms with Crippen molar-refractivity contribution in [1.82, 2.24) is 0 Å². The molecule has 0 aromatic carbocycles. The number of hydrogen-bond acceptors (Lipinski definition) is 4. The second kappa shape index (κ2) is 6.55. The Hall–Kier alpha value is -1.13. The average Bonchev–Trinajstić information content (AvgIpc) is 2.63. The summed E-state index contributed by atoms with van der Waals surface area (Å²) >= 11 is 0. The standard InChI is InChI=1S/C16H24O4/c1-12-6-3-2-4-7-13-10-14(17)11-16(13,19)9-5-8-15(18)20-12/h4-5,7-8,12-14,17,19H,2-3,6,9-11H2,1H3/b7-4-,8-5-/t12-,13+,14+,16+/m0/s1. The number of rotatable bonds is 0. The van der Waals surface area contributed by atoms with Crippen LogP contribution in [0.1, 0.15) is 45.4 Å². The van der Waals surface area contributed by atoms with Crippen LogP contribution < -0.4 is 0 Å². The van der Waals surface area contributed by atoms with Gasteiger partial charge in [0.05, 0.1) is 17.8 Å². The lowest BCUT2D eigenvalue weighted by Gasteiger charge is -2.26. The van der Waals surface area contributed by atoms with Gasteiger partial charge in [0.15, 0.2) is 0 Å². The highest BCUT2D eigenvalue weighted by Crippen LogP contribution is 2.39. The fraction of sp³-hybridized carbons (Fsp3) is 0.688. The van der Waals surface area contributed by atoms with Crippen LogP contribution in [0.25, 0.3) is 0 Å². The first kappa shape index (κ1) is 15.3. The summed E-state index contributed by atoms with van der Waals surface area (Å²) in [5.41, 5.74) is -0.952. The topological polar surface area (TPSA) is 66.8 Å². The van der Waals surface area contributed by atoms with E-state index in [1.807, 2.05) is 13.0 Å². The molecule has 0 bridgehead atoms. The van der Waals surface area contributed by atoms with Gasteiger partial charge in [0.25, 0.3) is 0 Å². The smallest absolute Gasteiger partial charge is 0.330 e. The van der Waals surface area contributed by atoms with Crippen molar-refractivity contribution >= 4 is 5.97 Å². The molecule has 0 saturated heterocycles. The fourth-order valence-corrected chi connectivity index (χ4v) is 3.09. The molecular weight excluding hydrogens is 256 g/mol. The molecule has 0 unspecified atom stereocenters. The van der Waals surface area contributed by atoms with Crippen LogP contribution in [0.15, 0.2) is 24.3 Å². The van der Waals surface area contributed by atoms with Crippen molar-refractivity contribution in [2.75, 3.05) is 0 Å². The number of aliphatic hydroxyl groups is 2. The van der Waals surface area contributed by atoms with Crippen molar-refractivity contribution in [2.45, 2.75) is 63.3 Å². The molecule has 4 heteroatoms. The summed E-state index contributed by atoms with van der Waals surface area (Å²) in [6.07, 6.45) is 10.6. The quantitative estimate of drug-likeness (QED) is 0.527. The highest BCUT2D eigenvalue weighted by Gasteiger charge is 2.43. The van der Waals surface area contributed by atoms with Gasteiger partial charge < -0.3 is 14.9 Å². The lowest BCUT2D eigenvalue weighted by Crippen LogP contribution is -2.31. The van der Waals surface area contributed by atoms with Crippen LogP contribution in [0.2, 0.25) is 0 Å². The van der Waals surface area contributed by atoms with Crippen LogP contribution in [0.3, 0.4) is 0 Å². The highest BCUT2D eigenvalue weighted by atomic mass is 16.5. The summed E-state index contributed by atoms with van der Waals surface area (Å²) in [4.78, 5) is 11.6. The van der Waals surface area contributed by atoms with Crippen LogP contribution in [-0.2, 0) is 9.53 Å². The molecule has 1 aliphatic carbocycles. The third-order valence-electron chi connectivity index (χ3n) is 4.20. The van der Waals surface area contributed by atoms with Gasteiger partial charge in [-0.05, 0) is 39.0 Å². The minimum Gasteiger partial charge on any atom is -0.460 e. The Balaban J connectivity index is 2.12. The number of ether oxygens (including phenoxy) is 1. The van der Waals surface area contributed by atoms with E-state index in [4.69, 9.17) is 4.74 Å². The minimum atomic E-state index is -0.952. The molecule has 2 N–H and O–H groups in total. The van der Waals surface area contributed by atoms with Gasteiger partial charge >= 0.3 is 5.97 Å². The van der Waals surface area contributed by atoms with E-state index in [9.17, 15) is 15.0 Å². The monoisotopic (exact) mass is 280 g/mol. The first-order chi connectivity index (χ1) is 9.49. The largest absolute Gasteiger partial charge is 0.460 e. The predicted molar refractivity (Wildman–Crippen MR) is 76.0 cm³/mol. The Morgan fingerprint density at radius 1 is 1.40 bits per heavy atom. The Kier molecular flexibility index (Phi) is 5.00. The molecule has 20 heavy (non-hydrogen) atoms. The van der Waals surface area contributed by atoms with E-state index in [1.54, 1.807) is 6.08 Å².